The molecule has 4 rings (SSSR count). The lowest BCUT2D eigenvalue weighted by molar-refractivity contribution is 0.358. The van der Waals surface area contributed by atoms with Crippen LogP contribution in [-0.2, 0) is 7.05 Å². The van der Waals surface area contributed by atoms with Gasteiger partial charge in [-0.3, -0.25) is 10.1 Å². The van der Waals surface area contributed by atoms with Gasteiger partial charge in [-0.25, -0.2) is 9.99 Å². The molecule has 0 saturated heterocycles. The second kappa shape index (κ2) is 7.21. The van der Waals surface area contributed by atoms with E-state index in [9.17, 15) is 5.11 Å². The standard InChI is InChI=1S/C19H17ClN6OS/c1-11-13(8-25(2)24-11)7-22-26-9-16(27)17(18(26)21)19-23-15(10-28-19)12-3-5-14(20)6-4-12/h3-8,10,21,27H,9H2,1-2H3/b21-18?,22-7-. The normalized spacial score (nSPS) is 14.7. The van der Waals surface area contributed by atoms with E-state index < -0.39 is 0 Å². The van der Waals surface area contributed by atoms with Gasteiger partial charge in [0.15, 0.2) is 5.84 Å². The zero-order valence-corrected chi connectivity index (χ0v) is 16.8. The summed E-state index contributed by atoms with van der Waals surface area (Å²) in [7, 11) is 1.84. The Balaban J connectivity index is 1.56. The maximum absolute atomic E-state index is 10.4. The Bertz CT molecular complexity index is 1110. The molecule has 1 aliphatic heterocycles. The van der Waals surface area contributed by atoms with Crippen molar-refractivity contribution in [1.29, 1.82) is 5.41 Å². The van der Waals surface area contributed by atoms with E-state index >= 15 is 0 Å². The first-order valence-electron chi connectivity index (χ1n) is 8.47. The Kier molecular flexibility index (Phi) is 4.74. The Hall–Kier alpha value is -2.97. The van der Waals surface area contributed by atoms with Crippen molar-refractivity contribution in [1.82, 2.24) is 19.8 Å². The predicted octanol–water partition coefficient (Wildman–Crippen LogP) is 4.10. The molecule has 0 fully saturated rings. The molecule has 2 N–H and O–H groups in total. The third-order valence-electron chi connectivity index (χ3n) is 4.33. The summed E-state index contributed by atoms with van der Waals surface area (Å²) in [6.07, 6.45) is 3.50. The van der Waals surface area contributed by atoms with Gasteiger partial charge in [0.1, 0.15) is 17.3 Å². The van der Waals surface area contributed by atoms with Crippen LogP contribution in [0.1, 0.15) is 16.3 Å². The lowest BCUT2D eigenvalue weighted by Crippen LogP contribution is -2.20. The average molecular weight is 413 g/mol. The number of hydrogen-bond acceptors (Lipinski definition) is 6. The van der Waals surface area contributed by atoms with Crippen LogP contribution in [0.3, 0.4) is 0 Å². The lowest BCUT2D eigenvalue weighted by Gasteiger charge is -2.10. The molecule has 1 aromatic carbocycles. The van der Waals surface area contributed by atoms with Crippen LogP contribution in [0.4, 0.5) is 0 Å². The summed E-state index contributed by atoms with van der Waals surface area (Å²) >= 11 is 7.32. The Morgan fingerprint density at radius 1 is 1.32 bits per heavy atom. The van der Waals surface area contributed by atoms with Gasteiger partial charge in [-0.05, 0) is 19.1 Å². The number of aromatic nitrogens is 3. The van der Waals surface area contributed by atoms with Gasteiger partial charge in [0, 0.05) is 34.8 Å². The molecule has 3 heterocycles. The highest BCUT2D eigenvalue weighted by Crippen LogP contribution is 2.32. The molecule has 0 saturated carbocycles. The van der Waals surface area contributed by atoms with Crippen molar-refractivity contribution in [3.05, 3.63) is 62.9 Å². The Labute approximate surface area is 170 Å². The molecule has 0 amide bonds. The van der Waals surface area contributed by atoms with E-state index in [0.29, 0.717) is 15.6 Å². The fourth-order valence-corrected chi connectivity index (χ4v) is 3.93. The van der Waals surface area contributed by atoms with Crippen LogP contribution in [0.25, 0.3) is 16.8 Å². The van der Waals surface area contributed by atoms with Gasteiger partial charge in [0.25, 0.3) is 0 Å². The molecule has 7 nitrogen and oxygen atoms in total. The smallest absolute Gasteiger partial charge is 0.155 e. The monoisotopic (exact) mass is 412 g/mol. The number of benzene rings is 1. The summed E-state index contributed by atoms with van der Waals surface area (Å²) in [6, 6.07) is 7.40. The second-order valence-corrected chi connectivity index (χ2v) is 7.66. The molecule has 2 aromatic heterocycles. The number of rotatable bonds is 4. The molecule has 0 atom stereocenters. The van der Waals surface area contributed by atoms with Crippen LogP contribution >= 0.6 is 22.9 Å². The Morgan fingerprint density at radius 2 is 2.07 bits per heavy atom. The van der Waals surface area contributed by atoms with Crippen molar-refractivity contribution >= 4 is 40.6 Å². The second-order valence-electron chi connectivity index (χ2n) is 6.36. The van der Waals surface area contributed by atoms with E-state index in [1.807, 2.05) is 37.7 Å². The van der Waals surface area contributed by atoms with Crippen molar-refractivity contribution in [3.63, 3.8) is 0 Å². The number of aliphatic hydroxyl groups is 1. The molecule has 0 unspecified atom stereocenters. The number of hydrogen-bond donors (Lipinski definition) is 2. The molecular weight excluding hydrogens is 396 g/mol. The number of thiazole rings is 1. The van der Waals surface area contributed by atoms with Crippen LogP contribution in [0.5, 0.6) is 0 Å². The summed E-state index contributed by atoms with van der Waals surface area (Å²) in [5.74, 6) is 0.203. The summed E-state index contributed by atoms with van der Waals surface area (Å²) in [4.78, 5) is 4.59. The van der Waals surface area contributed by atoms with Crippen molar-refractivity contribution in [3.8, 4) is 11.3 Å². The molecule has 0 radical (unpaired) electrons. The van der Waals surface area contributed by atoms with Crippen LogP contribution in [0.2, 0.25) is 5.02 Å². The van der Waals surface area contributed by atoms with E-state index in [1.165, 1.54) is 16.3 Å². The topological polar surface area (TPSA) is 90.4 Å². The van der Waals surface area contributed by atoms with Gasteiger partial charge in [-0.1, -0.05) is 23.7 Å². The summed E-state index contributed by atoms with van der Waals surface area (Å²) in [5, 5.41) is 32.0. The fourth-order valence-electron chi connectivity index (χ4n) is 2.91. The SMILES string of the molecule is Cc1nn(C)cc1/C=N\N1CC(O)=C(c2nc(-c3ccc(Cl)cc3)cs2)C1=N. The highest BCUT2D eigenvalue weighted by atomic mass is 35.5. The Morgan fingerprint density at radius 3 is 2.75 bits per heavy atom. The summed E-state index contributed by atoms with van der Waals surface area (Å²) in [6.45, 7) is 2.03. The van der Waals surface area contributed by atoms with E-state index in [0.717, 1.165) is 22.5 Å². The van der Waals surface area contributed by atoms with Crippen molar-refractivity contribution in [2.45, 2.75) is 6.92 Å². The van der Waals surface area contributed by atoms with Gasteiger partial charge in [-0.2, -0.15) is 10.2 Å². The van der Waals surface area contributed by atoms with E-state index in [2.05, 4.69) is 15.2 Å². The maximum atomic E-state index is 10.4. The quantitative estimate of drug-likeness (QED) is 0.631. The van der Waals surface area contributed by atoms with Gasteiger partial charge in [0.05, 0.1) is 23.2 Å². The van der Waals surface area contributed by atoms with Gasteiger partial charge >= 0.3 is 0 Å². The average Bonchev–Trinajstić information content (AvgIpc) is 3.32. The molecule has 28 heavy (non-hydrogen) atoms. The zero-order chi connectivity index (χ0) is 19.8. The summed E-state index contributed by atoms with van der Waals surface area (Å²) in [5.41, 5.74) is 3.82. The number of aliphatic hydroxyl groups excluding tert-OH is 1. The summed E-state index contributed by atoms with van der Waals surface area (Å²) < 4.78 is 1.71. The first kappa shape index (κ1) is 18.4. The minimum atomic E-state index is 0.0852. The molecule has 142 valence electrons. The third kappa shape index (κ3) is 3.44. The van der Waals surface area contributed by atoms with Crippen LogP contribution in [-0.4, -0.2) is 43.5 Å². The van der Waals surface area contributed by atoms with E-state index in [1.54, 1.807) is 23.0 Å². The number of nitrogens with zero attached hydrogens (tertiary/aromatic N) is 5. The first-order valence-corrected chi connectivity index (χ1v) is 9.73. The third-order valence-corrected chi connectivity index (χ3v) is 5.44. The maximum Gasteiger partial charge on any atom is 0.155 e. The number of amidine groups is 1. The molecule has 0 bridgehead atoms. The zero-order valence-electron chi connectivity index (χ0n) is 15.2. The molecular formula is C19H17ClN6OS. The van der Waals surface area contributed by atoms with Crippen molar-refractivity contribution in [2.24, 2.45) is 12.1 Å². The predicted molar refractivity (Wildman–Crippen MR) is 112 cm³/mol. The molecule has 0 aliphatic carbocycles. The largest absolute Gasteiger partial charge is 0.509 e. The highest BCUT2D eigenvalue weighted by Gasteiger charge is 2.30. The van der Waals surface area contributed by atoms with Gasteiger partial charge < -0.3 is 5.11 Å². The molecule has 1 aliphatic rings. The van der Waals surface area contributed by atoms with E-state index in [4.69, 9.17) is 17.0 Å². The molecule has 9 heteroatoms. The number of halogens is 1. The van der Waals surface area contributed by atoms with E-state index in [-0.39, 0.29) is 18.1 Å². The van der Waals surface area contributed by atoms with Crippen molar-refractivity contribution in [2.75, 3.05) is 6.54 Å². The van der Waals surface area contributed by atoms with Crippen molar-refractivity contribution < 1.29 is 5.11 Å². The molecule has 3 aromatic rings. The number of hydrazone groups is 1. The van der Waals surface area contributed by atoms with Crippen LogP contribution < -0.4 is 0 Å². The first-order chi connectivity index (χ1) is 13.4. The van der Waals surface area contributed by atoms with Gasteiger partial charge in [-0.15, -0.1) is 11.3 Å². The number of nitrogens with one attached hydrogen (secondary N) is 1. The molecule has 0 spiro atoms. The van der Waals surface area contributed by atoms with Crippen LogP contribution in [0, 0.1) is 12.3 Å². The van der Waals surface area contributed by atoms with Crippen LogP contribution in [0.15, 0.2) is 46.7 Å². The minimum Gasteiger partial charge on any atom is -0.509 e. The fraction of sp³-hybridized carbons (Fsp3) is 0.158. The lowest BCUT2D eigenvalue weighted by atomic mass is 10.2. The number of aryl methyl sites for hydroxylation is 2. The highest BCUT2D eigenvalue weighted by molar-refractivity contribution is 7.11. The minimum absolute atomic E-state index is 0.0852. The van der Waals surface area contributed by atoms with Gasteiger partial charge in [0.2, 0.25) is 0 Å².